The van der Waals surface area contributed by atoms with Gasteiger partial charge in [0.1, 0.15) is 17.5 Å². The van der Waals surface area contributed by atoms with Crippen LogP contribution in [-0.4, -0.2) is 57.3 Å². The number of fused-ring (bicyclic) bond motifs is 1. The van der Waals surface area contributed by atoms with Crippen LogP contribution >= 0.6 is 0 Å². The number of nitriles is 1. The van der Waals surface area contributed by atoms with Crippen molar-refractivity contribution in [2.45, 2.75) is 38.6 Å². The summed E-state index contributed by atoms with van der Waals surface area (Å²) in [4.78, 5) is 24.2. The Labute approximate surface area is 238 Å². The van der Waals surface area contributed by atoms with E-state index in [2.05, 4.69) is 38.5 Å². The van der Waals surface area contributed by atoms with Crippen molar-refractivity contribution < 1.29 is 13.0 Å². The van der Waals surface area contributed by atoms with Gasteiger partial charge in [0.2, 0.25) is 0 Å². The number of amides is 1. The van der Waals surface area contributed by atoms with Crippen LogP contribution in [0.1, 0.15) is 72.8 Å². The Balaban J connectivity index is 1.34. The molecule has 1 atom stereocenters. The fourth-order valence-electron chi connectivity index (χ4n) is 5.83. The van der Waals surface area contributed by atoms with Gasteiger partial charge in [-0.15, -0.1) is 0 Å². The first-order valence-corrected chi connectivity index (χ1v) is 12.9. The van der Waals surface area contributed by atoms with Gasteiger partial charge in [-0.2, -0.15) is 5.26 Å². The van der Waals surface area contributed by atoms with Crippen molar-refractivity contribution in [3.8, 4) is 17.2 Å². The van der Waals surface area contributed by atoms with Crippen molar-refractivity contribution in [3.63, 3.8) is 0 Å². The van der Waals surface area contributed by atoms with Crippen molar-refractivity contribution in [2.75, 3.05) is 32.8 Å². The van der Waals surface area contributed by atoms with Crippen molar-refractivity contribution >= 4 is 22.8 Å². The van der Waals surface area contributed by atoms with E-state index in [1.807, 2.05) is 32.2 Å². The molecule has 8 heteroatoms. The molecule has 0 bridgehead atoms. The third-order valence-electron chi connectivity index (χ3n) is 7.94. The number of pyridine rings is 2. The van der Waals surface area contributed by atoms with Crippen LogP contribution in [0.3, 0.4) is 0 Å². The molecule has 1 fully saturated rings. The van der Waals surface area contributed by atoms with Crippen LogP contribution in [0.25, 0.3) is 22.2 Å². The number of nitrogens with zero attached hydrogens (tertiary/aromatic N) is 6. The number of aromatic nitrogens is 3. The number of aryl methyl sites for hydroxylation is 2. The SMILES string of the molecule is [2H]C([2H])([2H])N(C(=O)c1ccc(C2CCN(C(C)c3cc4c(-c5ccc(N)nc5C#N)ccnc4n3C)CC2)c(C)c1)C([2H])([2H])[2H]. The highest BCUT2D eigenvalue weighted by Gasteiger charge is 2.28. The molecule has 0 saturated carbocycles. The zero-order chi connectivity index (χ0) is 32.8. The third-order valence-corrected chi connectivity index (χ3v) is 7.94. The number of hydrogen-bond donors (Lipinski definition) is 1. The first-order valence-electron chi connectivity index (χ1n) is 15.9. The summed E-state index contributed by atoms with van der Waals surface area (Å²) in [6, 6.07) is 14.7. The quantitative estimate of drug-likeness (QED) is 0.390. The highest BCUT2D eigenvalue weighted by atomic mass is 16.2. The van der Waals surface area contributed by atoms with Crippen LogP contribution in [-0.2, 0) is 7.05 Å². The number of benzene rings is 1. The first-order chi connectivity index (χ1) is 21.1. The lowest BCUT2D eigenvalue weighted by Crippen LogP contribution is -2.35. The normalized spacial score (nSPS) is 18.2. The van der Waals surface area contributed by atoms with Gasteiger partial charge in [0, 0.05) is 63.7 Å². The summed E-state index contributed by atoms with van der Waals surface area (Å²) in [6.45, 7) is -0.474. The summed E-state index contributed by atoms with van der Waals surface area (Å²) in [5.41, 5.74) is 11.5. The number of carbonyl (C=O) groups excluding carboxylic acids is 1. The largest absolute Gasteiger partial charge is 0.384 e. The zero-order valence-electron chi connectivity index (χ0n) is 28.3. The molecule has 8 nitrogen and oxygen atoms in total. The highest BCUT2D eigenvalue weighted by molar-refractivity contribution is 5.95. The maximum absolute atomic E-state index is 12.9. The lowest BCUT2D eigenvalue weighted by molar-refractivity contribution is 0.0827. The van der Waals surface area contributed by atoms with Crippen molar-refractivity contribution in [3.05, 3.63) is 76.7 Å². The Morgan fingerprint density at radius 3 is 2.64 bits per heavy atom. The van der Waals surface area contributed by atoms with Gasteiger partial charge < -0.3 is 15.2 Å². The molecule has 0 spiro atoms. The van der Waals surface area contributed by atoms with Crippen LogP contribution in [0.15, 0.2) is 48.7 Å². The number of likely N-dealkylation sites (tertiary alicyclic amines) is 1. The monoisotopic (exact) mass is 527 g/mol. The molecular formula is C31H35N7O. The summed E-state index contributed by atoms with van der Waals surface area (Å²) in [5.74, 6) is -0.515. The molecule has 3 aromatic heterocycles. The van der Waals surface area contributed by atoms with E-state index in [1.165, 1.54) is 6.07 Å². The average molecular weight is 528 g/mol. The molecule has 4 heterocycles. The molecule has 5 rings (SSSR count). The lowest BCUT2D eigenvalue weighted by atomic mass is 9.85. The van der Waals surface area contributed by atoms with Crippen molar-refractivity contribution in [2.24, 2.45) is 7.05 Å². The predicted octanol–water partition coefficient (Wildman–Crippen LogP) is 5.04. The van der Waals surface area contributed by atoms with Gasteiger partial charge in [-0.25, -0.2) is 9.97 Å². The number of rotatable bonds is 5. The van der Waals surface area contributed by atoms with Gasteiger partial charge in [-0.1, -0.05) is 6.07 Å². The molecular weight excluding hydrogens is 486 g/mol. The standard InChI is InChI=1S/C31H35N7O/c1-19-16-22(31(39)36(3)4)6-7-23(19)21-11-14-38(15-12-21)20(2)28-17-26-24(10-13-34-30(26)37(28)5)25-8-9-29(33)35-27(25)18-32/h6-10,13,16-17,20-21H,11-12,14-15H2,1-5H3,(H2,33,35)/i3D3,4D3. The Morgan fingerprint density at radius 1 is 1.18 bits per heavy atom. The molecule has 1 saturated heterocycles. The zero-order valence-corrected chi connectivity index (χ0v) is 22.3. The number of piperidine rings is 1. The maximum atomic E-state index is 12.9. The van der Waals surface area contributed by atoms with Crippen molar-refractivity contribution in [1.29, 1.82) is 5.26 Å². The number of nitrogen functional groups attached to an aromatic ring is 1. The van der Waals surface area contributed by atoms with E-state index in [0.29, 0.717) is 11.4 Å². The summed E-state index contributed by atoms with van der Waals surface area (Å²) in [5, 5.41) is 10.6. The van der Waals surface area contributed by atoms with Crippen molar-refractivity contribution in [1.82, 2.24) is 24.3 Å². The van der Waals surface area contributed by atoms with E-state index in [0.717, 1.165) is 59.3 Å². The smallest absolute Gasteiger partial charge is 0.253 e. The Bertz CT molecular complexity index is 1790. The molecule has 1 aliphatic rings. The minimum Gasteiger partial charge on any atom is -0.384 e. The minimum absolute atomic E-state index is 0.00508. The third kappa shape index (κ3) is 4.86. The second-order valence-electron chi connectivity index (χ2n) is 10.2. The second kappa shape index (κ2) is 10.5. The van der Waals surface area contributed by atoms with E-state index in [-0.39, 0.29) is 28.1 Å². The molecule has 0 aliphatic carbocycles. The Morgan fingerprint density at radius 2 is 1.95 bits per heavy atom. The van der Waals surface area contributed by atoms with Gasteiger partial charge in [-0.05, 0) is 98.8 Å². The number of nitrogens with two attached hydrogens (primary N) is 1. The topological polar surface area (TPSA) is 104 Å². The van der Waals surface area contributed by atoms with Crippen LogP contribution in [0.4, 0.5) is 5.82 Å². The molecule has 2 N–H and O–H groups in total. The molecule has 1 aliphatic heterocycles. The molecule has 200 valence electrons. The first kappa shape index (κ1) is 19.8. The fourth-order valence-corrected chi connectivity index (χ4v) is 5.83. The highest BCUT2D eigenvalue weighted by Crippen LogP contribution is 2.37. The molecule has 1 aromatic carbocycles. The van der Waals surface area contributed by atoms with Crippen LogP contribution in [0.5, 0.6) is 0 Å². The number of anilines is 1. The molecule has 1 amide bonds. The molecule has 1 unspecified atom stereocenters. The van der Waals surface area contributed by atoms with E-state index in [1.54, 1.807) is 18.3 Å². The summed E-state index contributed by atoms with van der Waals surface area (Å²) in [6.07, 6.45) is 3.50. The van der Waals surface area contributed by atoms with Crippen LogP contribution in [0.2, 0.25) is 0 Å². The van der Waals surface area contributed by atoms with Gasteiger partial charge >= 0.3 is 0 Å². The predicted molar refractivity (Wildman–Crippen MR) is 154 cm³/mol. The van der Waals surface area contributed by atoms with Gasteiger partial charge in [0.15, 0.2) is 5.69 Å². The second-order valence-corrected chi connectivity index (χ2v) is 10.2. The number of hydrogen-bond acceptors (Lipinski definition) is 6. The Kier molecular flexibility index (Phi) is 5.33. The van der Waals surface area contributed by atoms with E-state index in [9.17, 15) is 10.1 Å². The van der Waals surface area contributed by atoms with Gasteiger partial charge in [0.05, 0.1) is 0 Å². The summed E-state index contributed by atoms with van der Waals surface area (Å²) >= 11 is 0. The summed E-state index contributed by atoms with van der Waals surface area (Å²) < 4.78 is 47.5. The van der Waals surface area contributed by atoms with E-state index < -0.39 is 19.9 Å². The fraction of sp³-hybridized carbons (Fsp3) is 0.355. The van der Waals surface area contributed by atoms with E-state index in [4.69, 9.17) is 14.0 Å². The lowest BCUT2D eigenvalue weighted by Gasteiger charge is -2.37. The number of carbonyl (C=O) groups is 1. The van der Waals surface area contributed by atoms with Crippen LogP contribution in [0, 0.1) is 18.3 Å². The van der Waals surface area contributed by atoms with E-state index >= 15 is 0 Å². The Hall–Kier alpha value is -4.22. The average Bonchev–Trinajstić information content (AvgIpc) is 3.31. The van der Waals surface area contributed by atoms with Crippen LogP contribution < -0.4 is 5.73 Å². The summed E-state index contributed by atoms with van der Waals surface area (Å²) in [7, 11) is 2.00. The molecule has 4 aromatic rings. The van der Waals surface area contributed by atoms with Gasteiger partial charge in [-0.3, -0.25) is 9.69 Å². The minimum atomic E-state index is -3.09. The molecule has 39 heavy (non-hydrogen) atoms. The molecule has 0 radical (unpaired) electrons. The van der Waals surface area contributed by atoms with Gasteiger partial charge in [0.25, 0.3) is 5.91 Å². The maximum Gasteiger partial charge on any atom is 0.253 e.